The largest absolute Gasteiger partial charge is 0.310 e. The van der Waals surface area contributed by atoms with Crippen molar-refractivity contribution in [1.82, 2.24) is 15.1 Å². The second kappa shape index (κ2) is 6.09. The Labute approximate surface area is 90.3 Å². The highest BCUT2D eigenvalue weighted by Gasteiger charge is 2.02. The molecule has 0 aromatic carbocycles. The summed E-state index contributed by atoms with van der Waals surface area (Å²) in [6.45, 7) is 4.12. The molecule has 1 N–H and O–H groups in total. The SMILES string of the molecule is CCc1cc(CNCCSC)n(C)n1. The lowest BCUT2D eigenvalue weighted by Gasteiger charge is -2.03. The van der Waals surface area contributed by atoms with Gasteiger partial charge in [0.15, 0.2) is 0 Å². The summed E-state index contributed by atoms with van der Waals surface area (Å²) >= 11 is 1.87. The van der Waals surface area contributed by atoms with Crippen molar-refractivity contribution in [3.05, 3.63) is 17.5 Å². The van der Waals surface area contributed by atoms with Crippen molar-refractivity contribution in [2.75, 3.05) is 18.6 Å². The highest BCUT2D eigenvalue weighted by atomic mass is 32.2. The minimum Gasteiger partial charge on any atom is -0.310 e. The Kier molecular flexibility index (Phi) is 5.04. The summed E-state index contributed by atoms with van der Waals surface area (Å²) in [5.74, 6) is 1.17. The first-order valence-corrected chi connectivity index (χ1v) is 6.38. The van der Waals surface area contributed by atoms with Crippen molar-refractivity contribution in [1.29, 1.82) is 0 Å². The molecule has 80 valence electrons. The molecule has 1 aromatic heterocycles. The minimum atomic E-state index is 0.921. The predicted octanol–water partition coefficient (Wildman–Crippen LogP) is 1.44. The number of hydrogen-bond donors (Lipinski definition) is 1. The zero-order chi connectivity index (χ0) is 10.4. The molecule has 1 aromatic rings. The minimum absolute atomic E-state index is 0.921. The predicted molar refractivity (Wildman–Crippen MR) is 62.7 cm³/mol. The molecule has 4 heteroatoms. The third-order valence-electron chi connectivity index (χ3n) is 2.18. The van der Waals surface area contributed by atoms with E-state index in [-0.39, 0.29) is 0 Å². The van der Waals surface area contributed by atoms with Crippen LogP contribution in [0, 0.1) is 0 Å². The van der Waals surface area contributed by atoms with E-state index in [2.05, 4.69) is 29.7 Å². The molecule has 0 aliphatic rings. The molecule has 1 heterocycles. The topological polar surface area (TPSA) is 29.9 Å². The quantitative estimate of drug-likeness (QED) is 0.725. The first-order valence-electron chi connectivity index (χ1n) is 4.99. The fraction of sp³-hybridized carbons (Fsp3) is 0.700. The average molecular weight is 213 g/mol. The first kappa shape index (κ1) is 11.6. The second-order valence-corrected chi connectivity index (χ2v) is 4.26. The van der Waals surface area contributed by atoms with Gasteiger partial charge in [0.1, 0.15) is 0 Å². The van der Waals surface area contributed by atoms with Crippen LogP contribution in [0.1, 0.15) is 18.3 Å². The lowest BCUT2D eigenvalue weighted by Crippen LogP contribution is -2.18. The molecule has 0 aliphatic heterocycles. The van der Waals surface area contributed by atoms with Crippen molar-refractivity contribution in [3.8, 4) is 0 Å². The maximum absolute atomic E-state index is 4.40. The molecule has 0 unspecified atom stereocenters. The molecule has 0 bridgehead atoms. The number of aromatic nitrogens is 2. The fourth-order valence-corrected chi connectivity index (χ4v) is 1.65. The Hall–Kier alpha value is -0.480. The van der Waals surface area contributed by atoms with Gasteiger partial charge in [-0.25, -0.2) is 0 Å². The first-order chi connectivity index (χ1) is 6.77. The molecule has 0 saturated heterocycles. The summed E-state index contributed by atoms with van der Waals surface area (Å²) in [5, 5.41) is 7.80. The molecule has 0 saturated carbocycles. The van der Waals surface area contributed by atoms with Gasteiger partial charge in [-0.05, 0) is 18.7 Å². The van der Waals surface area contributed by atoms with Gasteiger partial charge >= 0.3 is 0 Å². The van der Waals surface area contributed by atoms with Gasteiger partial charge in [0.2, 0.25) is 0 Å². The van der Waals surface area contributed by atoms with E-state index in [9.17, 15) is 0 Å². The van der Waals surface area contributed by atoms with Crippen LogP contribution in [-0.2, 0) is 20.0 Å². The summed E-state index contributed by atoms with van der Waals surface area (Å²) in [6, 6.07) is 2.17. The maximum atomic E-state index is 4.40. The van der Waals surface area contributed by atoms with E-state index >= 15 is 0 Å². The van der Waals surface area contributed by atoms with Crippen LogP contribution < -0.4 is 5.32 Å². The van der Waals surface area contributed by atoms with E-state index in [4.69, 9.17) is 0 Å². The average Bonchev–Trinajstić information content (AvgIpc) is 2.54. The van der Waals surface area contributed by atoms with Crippen LogP contribution in [0.4, 0.5) is 0 Å². The van der Waals surface area contributed by atoms with Gasteiger partial charge in [-0.1, -0.05) is 6.92 Å². The molecule has 0 spiro atoms. The lowest BCUT2D eigenvalue weighted by molar-refractivity contribution is 0.641. The molecular weight excluding hydrogens is 194 g/mol. The Morgan fingerprint density at radius 2 is 2.36 bits per heavy atom. The molecule has 0 amide bonds. The number of hydrogen-bond acceptors (Lipinski definition) is 3. The van der Waals surface area contributed by atoms with Crippen molar-refractivity contribution in [2.24, 2.45) is 7.05 Å². The van der Waals surface area contributed by atoms with E-state index in [1.807, 2.05) is 23.5 Å². The van der Waals surface area contributed by atoms with Gasteiger partial charge in [-0.15, -0.1) is 0 Å². The van der Waals surface area contributed by atoms with Crippen molar-refractivity contribution >= 4 is 11.8 Å². The van der Waals surface area contributed by atoms with E-state index in [0.717, 1.165) is 19.5 Å². The summed E-state index contributed by atoms with van der Waals surface area (Å²) in [4.78, 5) is 0. The third-order valence-corrected chi connectivity index (χ3v) is 2.79. The summed E-state index contributed by atoms with van der Waals surface area (Å²) < 4.78 is 1.96. The van der Waals surface area contributed by atoms with Gasteiger partial charge in [0.25, 0.3) is 0 Å². The van der Waals surface area contributed by atoms with Crippen LogP contribution in [0.15, 0.2) is 6.07 Å². The number of aryl methyl sites for hydroxylation is 2. The van der Waals surface area contributed by atoms with Crippen LogP contribution in [-0.4, -0.2) is 28.3 Å². The van der Waals surface area contributed by atoms with Gasteiger partial charge in [0, 0.05) is 25.9 Å². The van der Waals surface area contributed by atoms with Gasteiger partial charge in [-0.2, -0.15) is 16.9 Å². The number of thioether (sulfide) groups is 1. The van der Waals surface area contributed by atoms with Crippen molar-refractivity contribution < 1.29 is 0 Å². The summed E-state index contributed by atoms with van der Waals surface area (Å²) in [7, 11) is 2.00. The van der Waals surface area contributed by atoms with Gasteiger partial charge < -0.3 is 5.32 Å². The van der Waals surface area contributed by atoms with Gasteiger partial charge in [0.05, 0.1) is 11.4 Å². The van der Waals surface area contributed by atoms with Crippen molar-refractivity contribution in [3.63, 3.8) is 0 Å². The Bertz CT molecular complexity index is 270. The molecule has 0 fully saturated rings. The van der Waals surface area contributed by atoms with Gasteiger partial charge in [-0.3, -0.25) is 4.68 Å². The molecule has 0 aliphatic carbocycles. The van der Waals surface area contributed by atoms with E-state index < -0.39 is 0 Å². The monoisotopic (exact) mass is 213 g/mol. The Morgan fingerprint density at radius 3 is 2.93 bits per heavy atom. The van der Waals surface area contributed by atoms with E-state index in [1.165, 1.54) is 17.1 Å². The van der Waals surface area contributed by atoms with Crippen LogP contribution in [0.3, 0.4) is 0 Å². The number of nitrogens with zero attached hydrogens (tertiary/aromatic N) is 2. The molecule has 3 nitrogen and oxygen atoms in total. The van der Waals surface area contributed by atoms with Crippen LogP contribution in [0.5, 0.6) is 0 Å². The van der Waals surface area contributed by atoms with Crippen LogP contribution in [0.2, 0.25) is 0 Å². The number of nitrogens with one attached hydrogen (secondary N) is 1. The van der Waals surface area contributed by atoms with Crippen LogP contribution >= 0.6 is 11.8 Å². The maximum Gasteiger partial charge on any atom is 0.0625 e. The van der Waals surface area contributed by atoms with E-state index in [1.54, 1.807) is 0 Å². The highest BCUT2D eigenvalue weighted by molar-refractivity contribution is 7.98. The zero-order valence-corrected chi connectivity index (χ0v) is 10.0. The molecule has 0 atom stereocenters. The Morgan fingerprint density at radius 1 is 1.57 bits per heavy atom. The summed E-state index contributed by atoms with van der Waals surface area (Å²) in [6.07, 6.45) is 3.14. The third kappa shape index (κ3) is 3.35. The van der Waals surface area contributed by atoms with Crippen LogP contribution in [0.25, 0.3) is 0 Å². The van der Waals surface area contributed by atoms with E-state index in [0.29, 0.717) is 0 Å². The standard InChI is InChI=1S/C10H19N3S/c1-4-9-7-10(13(2)12-9)8-11-5-6-14-3/h7,11H,4-6,8H2,1-3H3. The lowest BCUT2D eigenvalue weighted by atomic mass is 10.3. The molecule has 1 rings (SSSR count). The van der Waals surface area contributed by atoms with Crippen molar-refractivity contribution in [2.45, 2.75) is 19.9 Å². The number of rotatable bonds is 6. The molecular formula is C10H19N3S. The second-order valence-electron chi connectivity index (χ2n) is 3.27. The smallest absolute Gasteiger partial charge is 0.0625 e. The normalized spacial score (nSPS) is 10.8. The summed E-state index contributed by atoms with van der Waals surface area (Å²) in [5.41, 5.74) is 2.44. The Balaban J connectivity index is 2.38. The highest BCUT2D eigenvalue weighted by Crippen LogP contribution is 2.03. The fourth-order valence-electron chi connectivity index (χ4n) is 1.30. The zero-order valence-electron chi connectivity index (χ0n) is 9.21. The molecule has 14 heavy (non-hydrogen) atoms. The molecule has 0 radical (unpaired) electrons.